The summed E-state index contributed by atoms with van der Waals surface area (Å²) in [5.74, 6) is 3.10. The van der Waals surface area contributed by atoms with Crippen LogP contribution in [-0.2, 0) is 11.8 Å². The number of nitrogens with one attached hydrogen (secondary N) is 1. The van der Waals surface area contributed by atoms with Gasteiger partial charge in [0.1, 0.15) is 5.75 Å². The molecule has 1 heterocycles. The predicted molar refractivity (Wildman–Crippen MR) is 118 cm³/mol. The molecule has 2 saturated carbocycles. The highest BCUT2D eigenvalue weighted by Gasteiger charge is 2.67. The van der Waals surface area contributed by atoms with E-state index in [0.29, 0.717) is 11.0 Å². The molecule has 4 aliphatic rings. The number of hydrogen-bond acceptors (Lipinski definition) is 3. The highest BCUT2D eigenvalue weighted by molar-refractivity contribution is 6.04. The molecule has 4 bridgehead atoms. The number of piperidine rings is 1. The molecule has 4 nitrogen and oxygen atoms in total. The Balaban J connectivity index is 1.34. The van der Waals surface area contributed by atoms with Crippen LogP contribution in [-0.4, -0.2) is 37.6 Å². The van der Waals surface area contributed by atoms with Gasteiger partial charge in [-0.25, -0.2) is 0 Å². The largest absolute Gasteiger partial charge is 0.497 e. The minimum atomic E-state index is -0.0586. The number of methoxy groups -OCH3 is 1. The zero-order chi connectivity index (χ0) is 20.5. The number of carbonyl (C=O) groups is 1. The third kappa shape index (κ3) is 2.40. The fourth-order valence-electron chi connectivity index (χ4n) is 7.71. The highest BCUT2D eigenvalue weighted by Crippen LogP contribution is 2.67. The van der Waals surface area contributed by atoms with Gasteiger partial charge in [-0.3, -0.25) is 4.79 Å². The number of nitrogens with zero attached hydrogens (tertiary/aromatic N) is 1. The van der Waals surface area contributed by atoms with Crippen molar-refractivity contribution in [2.45, 2.75) is 43.6 Å². The molecule has 3 fully saturated rings. The van der Waals surface area contributed by atoms with Gasteiger partial charge in [-0.1, -0.05) is 18.9 Å². The van der Waals surface area contributed by atoms with Crippen LogP contribution in [0.5, 0.6) is 5.75 Å². The maximum absolute atomic E-state index is 12.8. The third-order valence-corrected chi connectivity index (χ3v) is 8.72. The van der Waals surface area contributed by atoms with Crippen molar-refractivity contribution in [2.24, 2.45) is 17.8 Å². The summed E-state index contributed by atoms with van der Waals surface area (Å²) in [6.07, 6.45) is 6.62. The van der Waals surface area contributed by atoms with Gasteiger partial charge < -0.3 is 15.0 Å². The number of carbonyl (C=O) groups excluding carboxylic acids is 1. The molecule has 156 valence electrons. The van der Waals surface area contributed by atoms with Crippen molar-refractivity contribution >= 4 is 11.6 Å². The molecule has 4 heteroatoms. The van der Waals surface area contributed by atoms with Crippen molar-refractivity contribution in [2.75, 3.05) is 26.0 Å². The molecule has 2 aromatic carbocycles. The summed E-state index contributed by atoms with van der Waals surface area (Å²) < 4.78 is 5.20. The van der Waals surface area contributed by atoms with E-state index >= 15 is 0 Å². The summed E-state index contributed by atoms with van der Waals surface area (Å²) in [4.78, 5) is 15.5. The summed E-state index contributed by atoms with van der Waals surface area (Å²) in [6.45, 7) is 1.24. The summed E-state index contributed by atoms with van der Waals surface area (Å²) >= 11 is 0. The summed E-state index contributed by atoms with van der Waals surface area (Å²) in [6, 6.07) is 14.8. The fourth-order valence-corrected chi connectivity index (χ4v) is 7.71. The van der Waals surface area contributed by atoms with E-state index < -0.39 is 0 Å². The fraction of sp³-hybridized carbons (Fsp3) is 0.500. The van der Waals surface area contributed by atoms with Crippen LogP contribution in [0.25, 0.3) is 0 Å². The molecule has 1 amide bonds. The number of amides is 1. The lowest BCUT2D eigenvalue weighted by Crippen LogP contribution is -2.51. The smallest absolute Gasteiger partial charge is 0.255 e. The monoisotopic (exact) mass is 402 g/mol. The van der Waals surface area contributed by atoms with Gasteiger partial charge in [0.2, 0.25) is 0 Å². The Kier molecular flexibility index (Phi) is 4.05. The molecular weight excluding hydrogens is 372 g/mol. The van der Waals surface area contributed by atoms with Crippen molar-refractivity contribution < 1.29 is 9.53 Å². The molecule has 3 aliphatic carbocycles. The number of rotatable bonds is 3. The maximum Gasteiger partial charge on any atom is 0.255 e. The molecule has 0 aromatic heterocycles. The second kappa shape index (κ2) is 6.58. The molecule has 5 atom stereocenters. The molecule has 1 N–H and O–H groups in total. The van der Waals surface area contributed by atoms with Crippen LogP contribution in [0.15, 0.2) is 42.5 Å². The Hall–Kier alpha value is -2.33. The van der Waals surface area contributed by atoms with E-state index in [2.05, 4.69) is 35.5 Å². The van der Waals surface area contributed by atoms with Crippen LogP contribution in [0.4, 0.5) is 5.69 Å². The van der Waals surface area contributed by atoms with Crippen molar-refractivity contribution in [3.05, 3.63) is 59.2 Å². The van der Waals surface area contributed by atoms with Crippen LogP contribution in [0.2, 0.25) is 0 Å². The number of fused-ring (bicyclic) bond motifs is 2. The van der Waals surface area contributed by atoms with Crippen LogP contribution in [0.1, 0.15) is 47.2 Å². The minimum absolute atomic E-state index is 0.0586. The number of likely N-dealkylation sites (tertiary alicyclic amines) is 1. The van der Waals surface area contributed by atoms with Gasteiger partial charge in [0.15, 0.2) is 0 Å². The Morgan fingerprint density at radius 2 is 1.97 bits per heavy atom. The van der Waals surface area contributed by atoms with Gasteiger partial charge in [-0.15, -0.1) is 0 Å². The molecule has 2 aromatic rings. The molecule has 30 heavy (non-hydrogen) atoms. The second-order valence-corrected chi connectivity index (χ2v) is 9.85. The quantitative estimate of drug-likeness (QED) is 0.822. The lowest BCUT2D eigenvalue weighted by Gasteiger charge is -2.51. The topological polar surface area (TPSA) is 41.6 Å². The van der Waals surface area contributed by atoms with E-state index in [0.717, 1.165) is 35.2 Å². The molecule has 1 spiro atoms. The molecular formula is C26H30N2O2. The number of benzene rings is 2. The van der Waals surface area contributed by atoms with E-state index in [4.69, 9.17) is 4.74 Å². The van der Waals surface area contributed by atoms with Crippen LogP contribution in [0.3, 0.4) is 0 Å². The van der Waals surface area contributed by atoms with E-state index in [1.807, 2.05) is 24.3 Å². The van der Waals surface area contributed by atoms with Crippen molar-refractivity contribution in [1.29, 1.82) is 0 Å². The van der Waals surface area contributed by atoms with Crippen LogP contribution in [0, 0.1) is 17.8 Å². The van der Waals surface area contributed by atoms with Gasteiger partial charge in [0.05, 0.1) is 7.11 Å². The summed E-state index contributed by atoms with van der Waals surface area (Å²) in [5.41, 5.74) is 5.01. The SMILES string of the molecule is COc1ccc(C(=O)Nc2ccc3c(c2)[C@@]24CCCC[C@H]2[C@H]2[C@H](C3)C4CN2C)cc1. The van der Waals surface area contributed by atoms with Crippen LogP contribution >= 0.6 is 0 Å². The van der Waals surface area contributed by atoms with Crippen molar-refractivity contribution in [3.63, 3.8) is 0 Å². The van der Waals surface area contributed by atoms with Gasteiger partial charge in [0, 0.05) is 29.3 Å². The third-order valence-electron chi connectivity index (χ3n) is 8.72. The Morgan fingerprint density at radius 3 is 2.77 bits per heavy atom. The Bertz CT molecular complexity index is 1000. The molecule has 6 rings (SSSR count). The number of anilines is 1. The molecule has 1 aliphatic heterocycles. The van der Waals surface area contributed by atoms with Crippen molar-refractivity contribution in [3.8, 4) is 5.75 Å². The average molecular weight is 403 g/mol. The minimum Gasteiger partial charge on any atom is -0.497 e. The van der Waals surface area contributed by atoms with E-state index in [9.17, 15) is 4.79 Å². The van der Waals surface area contributed by atoms with Gasteiger partial charge >= 0.3 is 0 Å². The standard InChI is InChI=1S/C26H30N2O2/c1-28-15-23-20-13-17-6-9-18(27-25(29)16-7-10-19(30-2)11-8-16)14-22(17)26(23)12-4-3-5-21(26)24(20)28/h6-11,14,20-21,23-24H,3-5,12-13,15H2,1-2H3,(H,27,29)/t20-,21+,23?,24-,26-/m1/s1. The van der Waals surface area contributed by atoms with Gasteiger partial charge in [0.25, 0.3) is 5.91 Å². The first-order valence-corrected chi connectivity index (χ1v) is 11.4. The average Bonchev–Trinajstić information content (AvgIpc) is 3.19. The normalized spacial score (nSPS) is 33.7. The Labute approximate surface area is 178 Å². The summed E-state index contributed by atoms with van der Waals surface area (Å²) in [5, 5.41) is 3.16. The Morgan fingerprint density at radius 1 is 1.13 bits per heavy atom. The number of hydrogen-bond donors (Lipinski definition) is 1. The van der Waals surface area contributed by atoms with Gasteiger partial charge in [-0.05, 0) is 91.6 Å². The highest BCUT2D eigenvalue weighted by atomic mass is 16.5. The van der Waals surface area contributed by atoms with E-state index in [-0.39, 0.29) is 5.91 Å². The van der Waals surface area contributed by atoms with E-state index in [1.54, 1.807) is 12.7 Å². The maximum atomic E-state index is 12.8. The first-order chi connectivity index (χ1) is 14.6. The second-order valence-electron chi connectivity index (χ2n) is 9.85. The molecule has 1 saturated heterocycles. The first kappa shape index (κ1) is 18.4. The van der Waals surface area contributed by atoms with E-state index in [1.165, 1.54) is 44.2 Å². The molecule has 1 unspecified atom stereocenters. The van der Waals surface area contributed by atoms with Crippen molar-refractivity contribution in [1.82, 2.24) is 4.90 Å². The lowest BCUT2D eigenvalue weighted by molar-refractivity contribution is 0.0624. The predicted octanol–water partition coefficient (Wildman–Crippen LogP) is 4.49. The first-order valence-electron chi connectivity index (χ1n) is 11.4. The number of ether oxygens (including phenoxy) is 1. The molecule has 0 radical (unpaired) electrons. The van der Waals surface area contributed by atoms with Crippen LogP contribution < -0.4 is 10.1 Å². The zero-order valence-corrected chi connectivity index (χ0v) is 17.9. The summed E-state index contributed by atoms with van der Waals surface area (Å²) in [7, 11) is 3.98. The zero-order valence-electron chi connectivity index (χ0n) is 17.9. The van der Waals surface area contributed by atoms with Gasteiger partial charge in [-0.2, -0.15) is 0 Å². The lowest BCUT2D eigenvalue weighted by atomic mass is 9.56.